The Morgan fingerprint density at radius 1 is 0.889 bits per heavy atom. The van der Waals surface area contributed by atoms with Crippen molar-refractivity contribution in [1.82, 2.24) is 0 Å². The second-order valence-electron chi connectivity index (χ2n) is 5.65. The molecule has 1 unspecified atom stereocenters. The molecule has 0 radical (unpaired) electrons. The van der Waals surface area contributed by atoms with Crippen molar-refractivity contribution in [2.24, 2.45) is 0 Å². The third kappa shape index (κ3) is 6.80. The SMILES string of the molecule is C/C1=C\CC/C(C)=C/C(O)CCC/C(C)=C/CC1. The zero-order chi connectivity index (χ0) is 13.4. The smallest absolute Gasteiger partial charge is 0.0723 e. The van der Waals surface area contributed by atoms with Crippen LogP contribution in [0.2, 0.25) is 0 Å². The molecule has 0 aromatic carbocycles. The topological polar surface area (TPSA) is 20.2 Å². The van der Waals surface area contributed by atoms with Gasteiger partial charge in [0.1, 0.15) is 0 Å². The van der Waals surface area contributed by atoms with E-state index >= 15 is 0 Å². The molecule has 1 N–H and O–H groups in total. The van der Waals surface area contributed by atoms with E-state index in [4.69, 9.17) is 0 Å². The van der Waals surface area contributed by atoms with Gasteiger partial charge in [0.05, 0.1) is 6.10 Å². The van der Waals surface area contributed by atoms with Gasteiger partial charge in [-0.25, -0.2) is 0 Å². The highest BCUT2D eigenvalue weighted by Crippen LogP contribution is 2.16. The summed E-state index contributed by atoms with van der Waals surface area (Å²) in [4.78, 5) is 0. The first-order valence-corrected chi connectivity index (χ1v) is 7.24. The summed E-state index contributed by atoms with van der Waals surface area (Å²) >= 11 is 0. The van der Waals surface area contributed by atoms with E-state index in [1.807, 2.05) is 6.08 Å². The normalized spacial score (nSPS) is 33.3. The highest BCUT2D eigenvalue weighted by molar-refractivity contribution is 5.08. The Balaban J connectivity index is 2.65. The van der Waals surface area contributed by atoms with E-state index in [9.17, 15) is 5.11 Å². The summed E-state index contributed by atoms with van der Waals surface area (Å²) in [6, 6.07) is 0. The van der Waals surface area contributed by atoms with E-state index in [-0.39, 0.29) is 6.10 Å². The summed E-state index contributed by atoms with van der Waals surface area (Å²) in [6.45, 7) is 6.56. The second-order valence-corrected chi connectivity index (χ2v) is 5.65. The summed E-state index contributed by atoms with van der Waals surface area (Å²) in [5.74, 6) is 0. The van der Waals surface area contributed by atoms with Gasteiger partial charge in [-0.05, 0) is 65.7 Å². The van der Waals surface area contributed by atoms with Crippen molar-refractivity contribution >= 4 is 0 Å². The number of aliphatic hydroxyl groups is 1. The van der Waals surface area contributed by atoms with Crippen LogP contribution >= 0.6 is 0 Å². The van der Waals surface area contributed by atoms with Gasteiger partial charge in [-0.15, -0.1) is 0 Å². The highest BCUT2D eigenvalue weighted by atomic mass is 16.3. The molecule has 0 saturated heterocycles. The molecule has 18 heavy (non-hydrogen) atoms. The van der Waals surface area contributed by atoms with E-state index in [2.05, 4.69) is 32.9 Å². The summed E-state index contributed by atoms with van der Waals surface area (Å²) in [5.41, 5.74) is 4.27. The van der Waals surface area contributed by atoms with Crippen molar-refractivity contribution in [2.45, 2.75) is 71.8 Å². The quantitative estimate of drug-likeness (QED) is 0.603. The lowest BCUT2D eigenvalue weighted by atomic mass is 10.0. The van der Waals surface area contributed by atoms with Gasteiger partial charge < -0.3 is 5.11 Å². The lowest BCUT2D eigenvalue weighted by molar-refractivity contribution is 0.208. The number of rotatable bonds is 0. The van der Waals surface area contributed by atoms with Gasteiger partial charge in [-0.2, -0.15) is 0 Å². The van der Waals surface area contributed by atoms with Crippen LogP contribution in [0.3, 0.4) is 0 Å². The Hall–Kier alpha value is -0.820. The fourth-order valence-electron chi connectivity index (χ4n) is 2.38. The molecule has 0 spiro atoms. The van der Waals surface area contributed by atoms with Crippen LogP contribution in [0, 0.1) is 0 Å². The first-order valence-electron chi connectivity index (χ1n) is 7.24. The Labute approximate surface area is 112 Å². The fourth-order valence-corrected chi connectivity index (χ4v) is 2.38. The first kappa shape index (κ1) is 15.2. The second kappa shape index (κ2) is 8.31. The van der Waals surface area contributed by atoms with Crippen LogP contribution in [0.1, 0.15) is 65.7 Å². The van der Waals surface area contributed by atoms with Crippen molar-refractivity contribution in [2.75, 3.05) is 0 Å². The molecule has 0 bridgehead atoms. The lowest BCUT2D eigenvalue weighted by Gasteiger charge is -2.09. The Bertz CT molecular complexity index is 334. The Morgan fingerprint density at radius 2 is 1.44 bits per heavy atom. The number of aliphatic hydroxyl groups excluding tert-OH is 1. The maximum atomic E-state index is 9.92. The minimum atomic E-state index is -0.259. The lowest BCUT2D eigenvalue weighted by Crippen LogP contribution is -2.03. The molecular formula is C17H28O. The van der Waals surface area contributed by atoms with E-state index in [0.717, 1.165) is 38.5 Å². The predicted octanol–water partition coefficient (Wildman–Crippen LogP) is 4.93. The van der Waals surface area contributed by atoms with Gasteiger partial charge >= 0.3 is 0 Å². The molecule has 0 heterocycles. The van der Waals surface area contributed by atoms with Crippen LogP contribution in [0.4, 0.5) is 0 Å². The average molecular weight is 248 g/mol. The molecule has 0 aliphatic heterocycles. The van der Waals surface area contributed by atoms with Gasteiger partial charge in [0.25, 0.3) is 0 Å². The zero-order valence-electron chi connectivity index (χ0n) is 12.2. The van der Waals surface area contributed by atoms with Crippen LogP contribution < -0.4 is 0 Å². The first-order chi connectivity index (χ1) is 8.58. The highest BCUT2D eigenvalue weighted by Gasteiger charge is 2.02. The van der Waals surface area contributed by atoms with E-state index in [1.54, 1.807) is 0 Å². The summed E-state index contributed by atoms with van der Waals surface area (Å²) < 4.78 is 0. The van der Waals surface area contributed by atoms with Crippen LogP contribution in [0.25, 0.3) is 0 Å². The third-order valence-electron chi connectivity index (χ3n) is 3.61. The Morgan fingerprint density at radius 3 is 2.11 bits per heavy atom. The number of allylic oxidation sites excluding steroid dienone is 5. The summed E-state index contributed by atoms with van der Waals surface area (Å²) in [7, 11) is 0. The van der Waals surface area contributed by atoms with Gasteiger partial charge in [-0.1, -0.05) is 34.9 Å². The largest absolute Gasteiger partial charge is 0.389 e. The zero-order valence-corrected chi connectivity index (χ0v) is 12.2. The molecule has 1 heteroatoms. The molecule has 102 valence electrons. The molecule has 0 aromatic rings. The predicted molar refractivity (Wildman–Crippen MR) is 79.6 cm³/mol. The summed E-state index contributed by atoms with van der Waals surface area (Å²) in [5, 5.41) is 9.92. The molecule has 0 amide bonds. The van der Waals surface area contributed by atoms with Crippen molar-refractivity contribution in [3.8, 4) is 0 Å². The Kier molecular flexibility index (Phi) is 7.04. The standard InChI is InChI=1S/C17H28O/c1-14-7-4-8-15(2)10-6-12-17(18)13-16(3)11-5-9-14/h8-9,13,17-18H,4-7,10-12H2,1-3H3/b14-9+,15-8+,16-13+. The molecule has 0 aromatic heterocycles. The van der Waals surface area contributed by atoms with Crippen LogP contribution in [0.5, 0.6) is 0 Å². The molecule has 1 aliphatic rings. The summed E-state index contributed by atoms with van der Waals surface area (Å²) in [6.07, 6.45) is 14.1. The molecule has 0 saturated carbocycles. The monoisotopic (exact) mass is 248 g/mol. The maximum Gasteiger partial charge on any atom is 0.0723 e. The average Bonchev–Trinajstić information content (AvgIpc) is 2.27. The van der Waals surface area contributed by atoms with Gasteiger partial charge in [0, 0.05) is 0 Å². The van der Waals surface area contributed by atoms with E-state index in [1.165, 1.54) is 23.1 Å². The molecular weight excluding hydrogens is 220 g/mol. The minimum absolute atomic E-state index is 0.259. The van der Waals surface area contributed by atoms with Gasteiger partial charge in [-0.3, -0.25) is 0 Å². The molecule has 1 rings (SSSR count). The van der Waals surface area contributed by atoms with E-state index < -0.39 is 0 Å². The van der Waals surface area contributed by atoms with Crippen LogP contribution in [-0.2, 0) is 0 Å². The maximum absolute atomic E-state index is 9.92. The molecule has 0 fully saturated rings. The van der Waals surface area contributed by atoms with Gasteiger partial charge in [0.15, 0.2) is 0 Å². The molecule has 1 nitrogen and oxygen atoms in total. The minimum Gasteiger partial charge on any atom is -0.389 e. The van der Waals surface area contributed by atoms with Crippen molar-refractivity contribution in [3.05, 3.63) is 34.9 Å². The third-order valence-corrected chi connectivity index (χ3v) is 3.61. The number of hydrogen-bond acceptors (Lipinski definition) is 1. The van der Waals surface area contributed by atoms with Crippen LogP contribution in [-0.4, -0.2) is 11.2 Å². The van der Waals surface area contributed by atoms with Crippen molar-refractivity contribution < 1.29 is 5.11 Å². The number of hydrogen-bond donors (Lipinski definition) is 1. The van der Waals surface area contributed by atoms with Crippen LogP contribution in [0.15, 0.2) is 34.9 Å². The molecule has 1 atom stereocenters. The van der Waals surface area contributed by atoms with Crippen molar-refractivity contribution in [3.63, 3.8) is 0 Å². The van der Waals surface area contributed by atoms with Crippen molar-refractivity contribution in [1.29, 1.82) is 0 Å². The van der Waals surface area contributed by atoms with Gasteiger partial charge in [0.2, 0.25) is 0 Å². The fraction of sp³-hybridized carbons (Fsp3) is 0.647. The van der Waals surface area contributed by atoms with E-state index in [0.29, 0.717) is 0 Å². The molecule has 1 aliphatic carbocycles.